The number of para-hydroxylation sites is 2. The number of hydrogen-bond donors (Lipinski definition) is 2. The molecule has 2 amide bonds. The second-order valence-corrected chi connectivity index (χ2v) is 6.76. The molecule has 1 aliphatic rings. The predicted octanol–water partition coefficient (Wildman–Crippen LogP) is 3.03. The van der Waals surface area contributed by atoms with Crippen LogP contribution in [-0.4, -0.2) is 32.1 Å². The van der Waals surface area contributed by atoms with Gasteiger partial charge in [-0.05, 0) is 49.6 Å². The fourth-order valence-corrected chi connectivity index (χ4v) is 3.10. The highest BCUT2D eigenvalue weighted by Crippen LogP contribution is 2.40. The lowest BCUT2D eigenvalue weighted by Gasteiger charge is -2.11. The van der Waals surface area contributed by atoms with E-state index in [2.05, 4.69) is 10.6 Å². The number of hydrogen-bond acceptors (Lipinski definition) is 4. The van der Waals surface area contributed by atoms with Crippen molar-refractivity contribution in [2.45, 2.75) is 19.8 Å². The number of rotatable bonds is 9. The van der Waals surface area contributed by atoms with Gasteiger partial charge in [0.05, 0.1) is 31.2 Å². The summed E-state index contributed by atoms with van der Waals surface area (Å²) < 4.78 is 10.7. The molecule has 0 bridgehead atoms. The number of benzene rings is 2. The maximum absolute atomic E-state index is 12.4. The topological polar surface area (TPSA) is 76.7 Å². The summed E-state index contributed by atoms with van der Waals surface area (Å²) >= 11 is 0. The van der Waals surface area contributed by atoms with Gasteiger partial charge >= 0.3 is 0 Å². The Kier molecular flexibility index (Phi) is 6.53. The van der Waals surface area contributed by atoms with E-state index in [1.807, 2.05) is 49.4 Å². The van der Waals surface area contributed by atoms with E-state index < -0.39 is 0 Å². The molecule has 0 aromatic heterocycles. The summed E-state index contributed by atoms with van der Waals surface area (Å²) in [5.74, 6) is 0.713. The minimum Gasteiger partial charge on any atom is -0.497 e. The Hall–Kier alpha value is -3.02. The minimum atomic E-state index is -0.282. The number of ether oxygens (including phenoxy) is 2. The quantitative estimate of drug-likeness (QED) is 0.699. The molecule has 0 radical (unpaired) electrons. The summed E-state index contributed by atoms with van der Waals surface area (Å²) in [5.41, 5.74) is 1.76. The normalized spacial score (nSPS) is 17.5. The molecule has 2 aromatic carbocycles. The van der Waals surface area contributed by atoms with Crippen molar-refractivity contribution in [3.8, 4) is 11.5 Å². The lowest BCUT2D eigenvalue weighted by molar-refractivity contribution is -0.125. The largest absolute Gasteiger partial charge is 0.497 e. The summed E-state index contributed by atoms with van der Waals surface area (Å²) in [6.07, 6.45) is 1.32. The minimum absolute atomic E-state index is 0.0632. The van der Waals surface area contributed by atoms with Crippen LogP contribution in [0.25, 0.3) is 0 Å². The van der Waals surface area contributed by atoms with Gasteiger partial charge in [-0.3, -0.25) is 9.59 Å². The number of nitrogens with one attached hydrogen (secondary N) is 2. The molecule has 148 valence electrons. The Morgan fingerprint density at radius 2 is 1.75 bits per heavy atom. The van der Waals surface area contributed by atoms with Crippen LogP contribution >= 0.6 is 0 Å². The number of amides is 2. The first-order chi connectivity index (χ1) is 13.6. The molecule has 2 atom stereocenters. The van der Waals surface area contributed by atoms with Gasteiger partial charge in [0.1, 0.15) is 11.5 Å². The molecule has 1 aliphatic carbocycles. The number of methoxy groups -OCH3 is 1. The Bertz CT molecular complexity index is 820. The van der Waals surface area contributed by atoms with Gasteiger partial charge in [-0.15, -0.1) is 0 Å². The van der Waals surface area contributed by atoms with Crippen LogP contribution in [0.5, 0.6) is 11.5 Å². The van der Waals surface area contributed by atoms with E-state index in [9.17, 15) is 9.59 Å². The number of carbonyl (C=O) groups is 2. The molecular formula is C22H26N2O4. The van der Waals surface area contributed by atoms with Crippen molar-refractivity contribution in [1.29, 1.82) is 0 Å². The summed E-state index contributed by atoms with van der Waals surface area (Å²) in [7, 11) is 1.63. The van der Waals surface area contributed by atoms with Crippen molar-refractivity contribution in [2.75, 3.05) is 25.6 Å². The number of carbonyl (C=O) groups excluding carboxylic acids is 2. The summed E-state index contributed by atoms with van der Waals surface area (Å²) in [5, 5.41) is 5.81. The van der Waals surface area contributed by atoms with Gasteiger partial charge in [-0.1, -0.05) is 24.3 Å². The lowest BCUT2D eigenvalue weighted by Crippen LogP contribution is -2.29. The van der Waals surface area contributed by atoms with Gasteiger partial charge in [0.2, 0.25) is 11.8 Å². The Morgan fingerprint density at radius 3 is 2.46 bits per heavy atom. The maximum atomic E-state index is 12.4. The monoisotopic (exact) mass is 382 g/mol. The third-order valence-electron chi connectivity index (χ3n) is 4.78. The van der Waals surface area contributed by atoms with Crippen LogP contribution in [0.3, 0.4) is 0 Å². The molecule has 2 unspecified atom stereocenters. The highest BCUT2D eigenvalue weighted by Gasteiger charge is 2.48. The van der Waals surface area contributed by atoms with Crippen LogP contribution in [0.15, 0.2) is 48.5 Å². The smallest absolute Gasteiger partial charge is 0.228 e. The van der Waals surface area contributed by atoms with E-state index in [4.69, 9.17) is 9.47 Å². The van der Waals surface area contributed by atoms with Gasteiger partial charge < -0.3 is 20.1 Å². The van der Waals surface area contributed by atoms with Gasteiger partial charge in [-0.2, -0.15) is 0 Å². The first-order valence-electron chi connectivity index (χ1n) is 9.55. The SMILES string of the molecule is CCOc1ccccc1NC(=O)C1CC1C(=O)NCCc1ccc(OC)cc1. The summed E-state index contributed by atoms with van der Waals surface area (Å²) in [4.78, 5) is 24.7. The lowest BCUT2D eigenvalue weighted by atomic mass is 10.1. The molecule has 1 saturated carbocycles. The van der Waals surface area contributed by atoms with E-state index in [1.165, 1.54) is 0 Å². The van der Waals surface area contributed by atoms with E-state index in [0.717, 1.165) is 17.7 Å². The zero-order valence-electron chi connectivity index (χ0n) is 16.2. The number of anilines is 1. The van der Waals surface area contributed by atoms with Crippen LogP contribution in [-0.2, 0) is 16.0 Å². The van der Waals surface area contributed by atoms with E-state index in [0.29, 0.717) is 31.0 Å². The van der Waals surface area contributed by atoms with Crippen molar-refractivity contribution in [3.05, 3.63) is 54.1 Å². The van der Waals surface area contributed by atoms with Crippen LogP contribution in [0.2, 0.25) is 0 Å². The van der Waals surface area contributed by atoms with E-state index in [1.54, 1.807) is 13.2 Å². The zero-order chi connectivity index (χ0) is 19.9. The molecule has 0 saturated heterocycles. The maximum Gasteiger partial charge on any atom is 0.228 e. The molecule has 0 aliphatic heterocycles. The average molecular weight is 382 g/mol. The molecular weight excluding hydrogens is 356 g/mol. The molecule has 1 fully saturated rings. The molecule has 3 rings (SSSR count). The first kappa shape index (κ1) is 19.7. The highest BCUT2D eigenvalue weighted by molar-refractivity contribution is 6.00. The fraction of sp³-hybridized carbons (Fsp3) is 0.364. The second-order valence-electron chi connectivity index (χ2n) is 6.76. The Balaban J connectivity index is 1.44. The highest BCUT2D eigenvalue weighted by atomic mass is 16.5. The second kappa shape index (κ2) is 9.26. The molecule has 0 spiro atoms. The molecule has 6 heteroatoms. The van der Waals surface area contributed by atoms with E-state index in [-0.39, 0.29) is 23.7 Å². The van der Waals surface area contributed by atoms with Gasteiger partial charge in [0, 0.05) is 6.54 Å². The van der Waals surface area contributed by atoms with Crippen molar-refractivity contribution in [2.24, 2.45) is 11.8 Å². The predicted molar refractivity (Wildman–Crippen MR) is 108 cm³/mol. The Morgan fingerprint density at radius 1 is 1.04 bits per heavy atom. The molecule has 28 heavy (non-hydrogen) atoms. The van der Waals surface area contributed by atoms with Crippen molar-refractivity contribution in [3.63, 3.8) is 0 Å². The van der Waals surface area contributed by atoms with Crippen molar-refractivity contribution in [1.82, 2.24) is 5.32 Å². The Labute approximate surface area is 165 Å². The van der Waals surface area contributed by atoms with Crippen LogP contribution in [0.1, 0.15) is 18.9 Å². The molecule has 6 nitrogen and oxygen atoms in total. The summed E-state index contributed by atoms with van der Waals surface area (Å²) in [6.45, 7) is 2.96. The van der Waals surface area contributed by atoms with Crippen molar-refractivity contribution >= 4 is 17.5 Å². The third-order valence-corrected chi connectivity index (χ3v) is 4.78. The fourth-order valence-electron chi connectivity index (χ4n) is 3.10. The molecule has 0 heterocycles. The summed E-state index contributed by atoms with van der Waals surface area (Å²) in [6, 6.07) is 15.1. The van der Waals surface area contributed by atoms with E-state index >= 15 is 0 Å². The van der Waals surface area contributed by atoms with Gasteiger partial charge in [-0.25, -0.2) is 0 Å². The van der Waals surface area contributed by atoms with Crippen LogP contribution < -0.4 is 20.1 Å². The molecule has 2 aromatic rings. The first-order valence-corrected chi connectivity index (χ1v) is 9.55. The average Bonchev–Trinajstić information content (AvgIpc) is 3.51. The molecule has 2 N–H and O–H groups in total. The third kappa shape index (κ3) is 5.03. The standard InChI is InChI=1S/C22H26N2O4/c1-3-28-20-7-5-4-6-19(20)24-22(26)18-14-17(18)21(25)23-13-12-15-8-10-16(27-2)11-9-15/h4-11,17-18H,3,12-14H2,1-2H3,(H,23,25)(H,24,26). The van der Waals surface area contributed by atoms with Crippen molar-refractivity contribution < 1.29 is 19.1 Å². The van der Waals surface area contributed by atoms with Gasteiger partial charge in [0.15, 0.2) is 0 Å². The zero-order valence-corrected chi connectivity index (χ0v) is 16.2. The van der Waals surface area contributed by atoms with Gasteiger partial charge in [0.25, 0.3) is 0 Å². The van der Waals surface area contributed by atoms with Crippen LogP contribution in [0.4, 0.5) is 5.69 Å². The van der Waals surface area contributed by atoms with Crippen LogP contribution in [0, 0.1) is 11.8 Å².